The van der Waals surface area contributed by atoms with Gasteiger partial charge in [-0.05, 0) is 25.0 Å². The second kappa shape index (κ2) is 6.17. The van der Waals surface area contributed by atoms with Crippen LogP contribution in [0.5, 0.6) is 0 Å². The number of hydrogen-bond donors (Lipinski definition) is 3. The van der Waals surface area contributed by atoms with Crippen molar-refractivity contribution in [2.24, 2.45) is 0 Å². The van der Waals surface area contributed by atoms with E-state index in [4.69, 9.17) is 0 Å². The fourth-order valence-corrected chi connectivity index (χ4v) is 1.61. The smallest absolute Gasteiger partial charge is 0.269 e. The first-order valence-corrected chi connectivity index (χ1v) is 6.41. The summed E-state index contributed by atoms with van der Waals surface area (Å²) in [5, 5.41) is 8.42. The van der Waals surface area contributed by atoms with E-state index in [0.29, 0.717) is 30.5 Å². The first kappa shape index (κ1) is 13.3. The molecule has 6 heteroatoms. The third kappa shape index (κ3) is 4.24. The molecule has 1 heterocycles. The summed E-state index contributed by atoms with van der Waals surface area (Å²) < 4.78 is 0. The Bertz CT molecular complexity index is 471. The van der Waals surface area contributed by atoms with Gasteiger partial charge in [0.1, 0.15) is 11.5 Å². The Morgan fingerprint density at radius 2 is 2.16 bits per heavy atom. The molecule has 6 nitrogen and oxygen atoms in total. The molecule has 0 bridgehead atoms. The van der Waals surface area contributed by atoms with E-state index >= 15 is 0 Å². The lowest BCUT2D eigenvalue weighted by molar-refractivity contribution is -0.121. The number of nitrogens with one attached hydrogen (secondary N) is 3. The molecule has 0 atom stereocenters. The average Bonchev–Trinajstić information content (AvgIpc) is 3.22. The van der Waals surface area contributed by atoms with Crippen LogP contribution in [0.15, 0.2) is 18.2 Å². The van der Waals surface area contributed by atoms with Crippen molar-refractivity contribution in [3.8, 4) is 0 Å². The van der Waals surface area contributed by atoms with Crippen LogP contribution in [-0.4, -0.2) is 36.4 Å². The molecule has 1 aliphatic rings. The van der Waals surface area contributed by atoms with Gasteiger partial charge in [0.25, 0.3) is 5.91 Å². The minimum Gasteiger partial charge on any atom is -0.373 e. The molecular formula is C13H18N4O2. The molecule has 2 amide bonds. The van der Waals surface area contributed by atoms with E-state index in [1.54, 1.807) is 25.2 Å². The largest absolute Gasteiger partial charge is 0.373 e. The quantitative estimate of drug-likeness (QED) is 0.698. The van der Waals surface area contributed by atoms with Gasteiger partial charge in [-0.1, -0.05) is 6.07 Å². The van der Waals surface area contributed by atoms with Crippen molar-refractivity contribution in [3.63, 3.8) is 0 Å². The number of aromatic nitrogens is 1. The van der Waals surface area contributed by atoms with Crippen molar-refractivity contribution in [1.29, 1.82) is 0 Å². The highest BCUT2D eigenvalue weighted by atomic mass is 16.2. The van der Waals surface area contributed by atoms with Crippen molar-refractivity contribution >= 4 is 17.6 Å². The number of hydrogen-bond acceptors (Lipinski definition) is 4. The fourth-order valence-electron chi connectivity index (χ4n) is 1.61. The number of nitrogens with zero attached hydrogens (tertiary/aromatic N) is 1. The highest BCUT2D eigenvalue weighted by molar-refractivity contribution is 5.92. The van der Waals surface area contributed by atoms with E-state index in [0.717, 1.165) is 12.8 Å². The maximum absolute atomic E-state index is 11.8. The highest BCUT2D eigenvalue weighted by Gasteiger charge is 2.22. The first-order valence-electron chi connectivity index (χ1n) is 6.41. The lowest BCUT2D eigenvalue weighted by Crippen LogP contribution is -2.32. The maximum atomic E-state index is 11.8. The van der Waals surface area contributed by atoms with Gasteiger partial charge in [0.05, 0.1) is 0 Å². The summed E-state index contributed by atoms with van der Waals surface area (Å²) in [7, 11) is 1.74. The van der Waals surface area contributed by atoms with Crippen molar-refractivity contribution < 1.29 is 9.59 Å². The average molecular weight is 262 g/mol. The standard InChI is InChI=1S/C13H18N4O2/c1-14-11-4-2-3-10(17-11)13(19)15-8-7-12(18)16-9-5-6-9/h2-4,9H,5-8H2,1H3,(H,14,17)(H,15,19)(H,16,18). The van der Waals surface area contributed by atoms with Crippen LogP contribution >= 0.6 is 0 Å². The molecule has 1 fully saturated rings. The topological polar surface area (TPSA) is 83.1 Å². The van der Waals surface area contributed by atoms with Crippen molar-refractivity contribution in [1.82, 2.24) is 15.6 Å². The Kier molecular flexibility index (Phi) is 4.33. The normalized spacial score (nSPS) is 13.7. The SMILES string of the molecule is CNc1cccc(C(=O)NCCC(=O)NC2CC2)n1. The van der Waals surface area contributed by atoms with E-state index < -0.39 is 0 Å². The molecule has 1 saturated carbocycles. The van der Waals surface area contributed by atoms with Gasteiger partial charge < -0.3 is 16.0 Å². The molecule has 1 aliphatic carbocycles. The number of carbonyl (C=O) groups is 2. The van der Waals surface area contributed by atoms with Gasteiger partial charge in [0.2, 0.25) is 5.91 Å². The van der Waals surface area contributed by atoms with Gasteiger partial charge in [-0.15, -0.1) is 0 Å². The molecule has 0 unspecified atom stereocenters. The molecule has 0 saturated heterocycles. The predicted molar refractivity (Wildman–Crippen MR) is 71.9 cm³/mol. The van der Waals surface area contributed by atoms with Crippen molar-refractivity contribution in [2.75, 3.05) is 18.9 Å². The second-order valence-corrected chi connectivity index (χ2v) is 4.51. The van der Waals surface area contributed by atoms with E-state index in [-0.39, 0.29) is 11.8 Å². The molecule has 0 spiro atoms. The lowest BCUT2D eigenvalue weighted by Gasteiger charge is -2.06. The molecule has 0 radical (unpaired) electrons. The number of carbonyl (C=O) groups excluding carboxylic acids is 2. The molecule has 19 heavy (non-hydrogen) atoms. The minimum atomic E-state index is -0.267. The summed E-state index contributed by atoms with van der Waals surface area (Å²) in [4.78, 5) is 27.3. The zero-order chi connectivity index (χ0) is 13.7. The van der Waals surface area contributed by atoms with Crippen LogP contribution in [0.4, 0.5) is 5.82 Å². The lowest BCUT2D eigenvalue weighted by atomic mass is 10.3. The Labute approximate surface area is 112 Å². The van der Waals surface area contributed by atoms with Gasteiger partial charge >= 0.3 is 0 Å². The monoisotopic (exact) mass is 262 g/mol. The number of rotatable bonds is 6. The molecule has 102 valence electrons. The van der Waals surface area contributed by atoms with Crippen LogP contribution in [-0.2, 0) is 4.79 Å². The van der Waals surface area contributed by atoms with Crippen LogP contribution in [0, 0.1) is 0 Å². The molecule has 2 rings (SSSR count). The molecule has 0 aromatic carbocycles. The van der Waals surface area contributed by atoms with Gasteiger partial charge in [-0.25, -0.2) is 4.98 Å². The Morgan fingerprint density at radius 3 is 2.84 bits per heavy atom. The molecule has 3 N–H and O–H groups in total. The van der Waals surface area contributed by atoms with E-state index in [1.165, 1.54) is 0 Å². The summed E-state index contributed by atoms with van der Waals surface area (Å²) in [5.41, 5.74) is 0.342. The van der Waals surface area contributed by atoms with Gasteiger partial charge in [0.15, 0.2) is 0 Å². The van der Waals surface area contributed by atoms with E-state index in [2.05, 4.69) is 20.9 Å². The van der Waals surface area contributed by atoms with E-state index in [9.17, 15) is 9.59 Å². The summed E-state index contributed by atoms with van der Waals surface area (Å²) in [6, 6.07) is 5.53. The van der Waals surface area contributed by atoms with Crippen LogP contribution in [0.2, 0.25) is 0 Å². The summed E-state index contributed by atoms with van der Waals surface area (Å²) in [5.74, 6) is 0.357. The Balaban J connectivity index is 1.75. The van der Waals surface area contributed by atoms with Gasteiger partial charge in [-0.2, -0.15) is 0 Å². The second-order valence-electron chi connectivity index (χ2n) is 4.51. The fraction of sp³-hybridized carbons (Fsp3) is 0.462. The van der Waals surface area contributed by atoms with Crippen molar-refractivity contribution in [2.45, 2.75) is 25.3 Å². The molecule has 0 aliphatic heterocycles. The van der Waals surface area contributed by atoms with Gasteiger partial charge in [0, 0.05) is 26.1 Å². The maximum Gasteiger partial charge on any atom is 0.269 e. The third-order valence-electron chi connectivity index (χ3n) is 2.82. The minimum absolute atomic E-state index is 0.0141. The van der Waals surface area contributed by atoms with Crippen LogP contribution < -0.4 is 16.0 Å². The van der Waals surface area contributed by atoms with E-state index in [1.807, 2.05) is 0 Å². The number of anilines is 1. The number of amides is 2. The van der Waals surface area contributed by atoms with Crippen LogP contribution in [0.3, 0.4) is 0 Å². The summed E-state index contributed by atoms with van der Waals surface area (Å²) in [6.45, 7) is 0.322. The third-order valence-corrected chi connectivity index (χ3v) is 2.82. The Morgan fingerprint density at radius 1 is 1.37 bits per heavy atom. The molecule has 1 aromatic heterocycles. The number of pyridine rings is 1. The zero-order valence-electron chi connectivity index (χ0n) is 10.9. The predicted octanol–water partition coefficient (Wildman–Crippen LogP) is 0.522. The van der Waals surface area contributed by atoms with Crippen molar-refractivity contribution in [3.05, 3.63) is 23.9 Å². The van der Waals surface area contributed by atoms with Crippen LogP contribution in [0.1, 0.15) is 29.8 Å². The Hall–Kier alpha value is -2.11. The first-order chi connectivity index (χ1) is 9.19. The zero-order valence-corrected chi connectivity index (χ0v) is 10.9. The summed E-state index contributed by atoms with van der Waals surface area (Å²) in [6.07, 6.45) is 2.44. The molecular weight excluding hydrogens is 244 g/mol. The van der Waals surface area contributed by atoms with Gasteiger partial charge in [-0.3, -0.25) is 9.59 Å². The van der Waals surface area contributed by atoms with Crippen LogP contribution in [0.25, 0.3) is 0 Å². The molecule has 1 aromatic rings. The summed E-state index contributed by atoms with van der Waals surface area (Å²) >= 11 is 0. The highest BCUT2D eigenvalue weighted by Crippen LogP contribution is 2.18.